The maximum absolute atomic E-state index is 13.9. The molecule has 0 atom stereocenters. The molecule has 1 aromatic heterocycles. The molecule has 1 amide bonds. The highest BCUT2D eigenvalue weighted by Gasteiger charge is 2.17. The van der Waals surface area contributed by atoms with Gasteiger partial charge in [-0.3, -0.25) is 4.79 Å². The van der Waals surface area contributed by atoms with Gasteiger partial charge in [0.1, 0.15) is 12.1 Å². The van der Waals surface area contributed by atoms with Crippen molar-refractivity contribution in [2.45, 2.75) is 26.3 Å². The van der Waals surface area contributed by atoms with Crippen LogP contribution in [0.2, 0.25) is 0 Å². The van der Waals surface area contributed by atoms with Crippen LogP contribution in [0, 0.1) is 5.82 Å². The normalized spacial score (nSPS) is 11.6. The second kappa shape index (κ2) is 4.46. The SMILES string of the molecule is CC(C)(C)n1cnc(-c2ccc(C(N)=O)cc2F)n1. The molecular weight excluding hydrogens is 247 g/mol. The predicted octanol–water partition coefficient (Wildman–Crippen LogP) is 1.94. The number of hydrogen-bond acceptors (Lipinski definition) is 3. The average molecular weight is 262 g/mol. The Balaban J connectivity index is 2.43. The number of nitrogens with two attached hydrogens (primary N) is 1. The first-order chi connectivity index (χ1) is 8.79. The van der Waals surface area contributed by atoms with Crippen molar-refractivity contribution < 1.29 is 9.18 Å². The van der Waals surface area contributed by atoms with Crippen molar-refractivity contribution in [1.29, 1.82) is 0 Å². The van der Waals surface area contributed by atoms with E-state index >= 15 is 0 Å². The second-order valence-electron chi connectivity index (χ2n) is 5.24. The molecule has 0 fully saturated rings. The van der Waals surface area contributed by atoms with Crippen LogP contribution in [0.4, 0.5) is 4.39 Å². The molecule has 0 saturated heterocycles. The quantitative estimate of drug-likeness (QED) is 0.898. The number of aromatic nitrogens is 3. The number of hydrogen-bond donors (Lipinski definition) is 1. The van der Waals surface area contributed by atoms with Crippen LogP contribution >= 0.6 is 0 Å². The highest BCUT2D eigenvalue weighted by molar-refractivity contribution is 5.93. The highest BCUT2D eigenvalue weighted by atomic mass is 19.1. The zero-order chi connectivity index (χ0) is 14.2. The first kappa shape index (κ1) is 13.2. The Labute approximate surface area is 110 Å². The van der Waals surface area contributed by atoms with E-state index in [1.165, 1.54) is 12.1 Å². The number of carbonyl (C=O) groups excluding carboxylic acids is 1. The van der Waals surface area contributed by atoms with Gasteiger partial charge < -0.3 is 5.73 Å². The third-order valence-corrected chi connectivity index (χ3v) is 2.67. The molecule has 19 heavy (non-hydrogen) atoms. The summed E-state index contributed by atoms with van der Waals surface area (Å²) in [6.07, 6.45) is 1.55. The summed E-state index contributed by atoms with van der Waals surface area (Å²) in [6.45, 7) is 5.91. The van der Waals surface area contributed by atoms with Crippen molar-refractivity contribution in [3.8, 4) is 11.4 Å². The van der Waals surface area contributed by atoms with Gasteiger partial charge in [-0.1, -0.05) is 0 Å². The van der Waals surface area contributed by atoms with Crippen LogP contribution in [0.1, 0.15) is 31.1 Å². The smallest absolute Gasteiger partial charge is 0.248 e. The number of amides is 1. The van der Waals surface area contributed by atoms with Gasteiger partial charge in [0.2, 0.25) is 5.91 Å². The van der Waals surface area contributed by atoms with Gasteiger partial charge in [0, 0.05) is 5.56 Å². The summed E-state index contributed by atoms with van der Waals surface area (Å²) in [7, 11) is 0. The Kier molecular flexibility index (Phi) is 3.09. The first-order valence-electron chi connectivity index (χ1n) is 5.81. The lowest BCUT2D eigenvalue weighted by Crippen LogP contribution is -2.22. The minimum atomic E-state index is -0.668. The number of halogens is 1. The molecule has 0 radical (unpaired) electrons. The van der Waals surface area contributed by atoms with E-state index < -0.39 is 11.7 Å². The number of carbonyl (C=O) groups is 1. The molecule has 0 aliphatic carbocycles. The summed E-state index contributed by atoms with van der Waals surface area (Å²) in [5, 5.41) is 4.24. The third-order valence-electron chi connectivity index (χ3n) is 2.67. The molecular formula is C13H15FN4O. The van der Waals surface area contributed by atoms with Crippen LogP contribution in [0.5, 0.6) is 0 Å². The van der Waals surface area contributed by atoms with E-state index in [1.807, 2.05) is 20.8 Å². The maximum Gasteiger partial charge on any atom is 0.248 e. The molecule has 1 heterocycles. The topological polar surface area (TPSA) is 73.8 Å². The summed E-state index contributed by atoms with van der Waals surface area (Å²) < 4.78 is 15.6. The molecule has 2 N–H and O–H groups in total. The Morgan fingerprint density at radius 2 is 2.05 bits per heavy atom. The lowest BCUT2D eigenvalue weighted by atomic mass is 10.1. The van der Waals surface area contributed by atoms with Crippen molar-refractivity contribution in [1.82, 2.24) is 14.8 Å². The van der Waals surface area contributed by atoms with Gasteiger partial charge in [-0.15, -0.1) is 0 Å². The van der Waals surface area contributed by atoms with Crippen molar-refractivity contribution in [2.24, 2.45) is 5.73 Å². The maximum atomic E-state index is 13.9. The molecule has 2 aromatic rings. The first-order valence-corrected chi connectivity index (χ1v) is 5.81. The molecule has 2 rings (SSSR count). The Morgan fingerprint density at radius 1 is 1.37 bits per heavy atom. The number of rotatable bonds is 2. The zero-order valence-corrected chi connectivity index (χ0v) is 11.0. The standard InChI is InChI=1S/C13H15FN4O/c1-13(2,3)18-7-16-12(17-18)9-5-4-8(11(15)19)6-10(9)14/h4-7H,1-3H3,(H2,15,19). The van der Waals surface area contributed by atoms with E-state index in [4.69, 9.17) is 5.73 Å². The fraction of sp³-hybridized carbons (Fsp3) is 0.308. The number of primary amides is 1. The Hall–Kier alpha value is -2.24. The third kappa shape index (κ3) is 2.62. The molecule has 0 spiro atoms. The molecule has 0 saturated carbocycles. The summed E-state index contributed by atoms with van der Waals surface area (Å²) in [5.74, 6) is -0.954. The second-order valence-corrected chi connectivity index (χ2v) is 5.24. The van der Waals surface area contributed by atoms with Gasteiger partial charge in [-0.05, 0) is 39.0 Å². The molecule has 100 valence electrons. The van der Waals surface area contributed by atoms with Gasteiger partial charge >= 0.3 is 0 Å². The van der Waals surface area contributed by atoms with E-state index in [-0.39, 0.29) is 22.5 Å². The van der Waals surface area contributed by atoms with Crippen LogP contribution < -0.4 is 5.73 Å². The highest BCUT2D eigenvalue weighted by Crippen LogP contribution is 2.21. The molecule has 0 aliphatic heterocycles. The van der Waals surface area contributed by atoms with Crippen LogP contribution in [0.25, 0.3) is 11.4 Å². The van der Waals surface area contributed by atoms with E-state index in [0.717, 1.165) is 6.07 Å². The van der Waals surface area contributed by atoms with Crippen molar-refractivity contribution >= 4 is 5.91 Å². The molecule has 0 unspecified atom stereocenters. The summed E-state index contributed by atoms with van der Waals surface area (Å²) >= 11 is 0. The van der Waals surface area contributed by atoms with Crippen LogP contribution in [-0.2, 0) is 5.54 Å². The molecule has 5 nitrogen and oxygen atoms in total. The van der Waals surface area contributed by atoms with Gasteiger partial charge in [-0.25, -0.2) is 14.1 Å². The van der Waals surface area contributed by atoms with Crippen molar-refractivity contribution in [3.63, 3.8) is 0 Å². The van der Waals surface area contributed by atoms with Gasteiger partial charge in [0.15, 0.2) is 5.82 Å². The van der Waals surface area contributed by atoms with E-state index in [0.29, 0.717) is 0 Å². The molecule has 0 aliphatic rings. The lowest BCUT2D eigenvalue weighted by molar-refractivity contribution is 0.1000. The number of benzene rings is 1. The van der Waals surface area contributed by atoms with E-state index in [1.54, 1.807) is 11.0 Å². The van der Waals surface area contributed by atoms with Crippen LogP contribution in [0.3, 0.4) is 0 Å². The van der Waals surface area contributed by atoms with Gasteiger partial charge in [-0.2, -0.15) is 5.10 Å². The summed E-state index contributed by atoms with van der Waals surface area (Å²) in [4.78, 5) is 15.0. The largest absolute Gasteiger partial charge is 0.366 e. The molecule has 6 heteroatoms. The van der Waals surface area contributed by atoms with E-state index in [9.17, 15) is 9.18 Å². The predicted molar refractivity (Wildman–Crippen MR) is 68.9 cm³/mol. The minimum Gasteiger partial charge on any atom is -0.366 e. The van der Waals surface area contributed by atoms with E-state index in [2.05, 4.69) is 10.1 Å². The fourth-order valence-electron chi connectivity index (χ4n) is 1.56. The monoisotopic (exact) mass is 262 g/mol. The molecule has 0 bridgehead atoms. The Bertz CT molecular complexity index is 628. The number of nitrogens with zero attached hydrogens (tertiary/aromatic N) is 3. The lowest BCUT2D eigenvalue weighted by Gasteiger charge is -2.17. The zero-order valence-electron chi connectivity index (χ0n) is 11.0. The van der Waals surface area contributed by atoms with Crippen molar-refractivity contribution in [3.05, 3.63) is 35.9 Å². The van der Waals surface area contributed by atoms with Gasteiger partial charge in [0.25, 0.3) is 0 Å². The minimum absolute atomic E-state index is 0.122. The summed E-state index contributed by atoms with van der Waals surface area (Å²) in [6, 6.07) is 4.01. The van der Waals surface area contributed by atoms with Crippen LogP contribution in [0.15, 0.2) is 24.5 Å². The van der Waals surface area contributed by atoms with Gasteiger partial charge in [0.05, 0.1) is 11.1 Å². The molecule has 1 aromatic carbocycles. The van der Waals surface area contributed by atoms with Crippen LogP contribution in [-0.4, -0.2) is 20.7 Å². The van der Waals surface area contributed by atoms with Crippen molar-refractivity contribution in [2.75, 3.05) is 0 Å². The summed E-state index contributed by atoms with van der Waals surface area (Å²) in [5.41, 5.74) is 5.23. The Morgan fingerprint density at radius 3 is 2.53 bits per heavy atom. The average Bonchev–Trinajstić information content (AvgIpc) is 2.77. The fourth-order valence-corrected chi connectivity index (χ4v) is 1.56.